The maximum atomic E-state index is 5.71. The molecule has 0 N–H and O–H groups in total. The summed E-state index contributed by atoms with van der Waals surface area (Å²) in [5.41, 5.74) is 0.612. The Bertz CT molecular complexity index is 501. The minimum atomic E-state index is 0.286. The van der Waals surface area contributed by atoms with E-state index < -0.39 is 0 Å². The van der Waals surface area contributed by atoms with Crippen molar-refractivity contribution in [1.29, 1.82) is 0 Å². The Labute approximate surface area is 93.6 Å². The van der Waals surface area contributed by atoms with Crippen LogP contribution in [0.25, 0.3) is 11.1 Å². The van der Waals surface area contributed by atoms with Gasteiger partial charge in [-0.25, -0.2) is 4.98 Å². The molecular formula is C12H14N2O2. The lowest BCUT2D eigenvalue weighted by molar-refractivity contribution is 0.192. The predicted octanol–water partition coefficient (Wildman–Crippen LogP) is 2.85. The van der Waals surface area contributed by atoms with Crippen LogP contribution < -0.4 is 4.74 Å². The Morgan fingerprint density at radius 1 is 1.38 bits per heavy atom. The highest BCUT2D eigenvalue weighted by Gasteiger charge is 2.18. The number of nitrogens with zero attached hydrogens (tertiary/aromatic N) is 2. The van der Waals surface area contributed by atoms with Crippen LogP contribution in [-0.4, -0.2) is 16.1 Å². The van der Waals surface area contributed by atoms with E-state index in [1.807, 2.05) is 13.0 Å². The SMILES string of the molecule is Cc1cc2cnc(OC3CCCC3)nc2o1. The molecule has 0 bridgehead atoms. The van der Waals surface area contributed by atoms with E-state index in [9.17, 15) is 0 Å². The average molecular weight is 218 g/mol. The molecular weight excluding hydrogens is 204 g/mol. The van der Waals surface area contributed by atoms with Crippen LogP contribution in [0.4, 0.5) is 0 Å². The number of rotatable bonds is 2. The van der Waals surface area contributed by atoms with E-state index in [-0.39, 0.29) is 6.10 Å². The molecule has 0 aromatic carbocycles. The Morgan fingerprint density at radius 3 is 3.00 bits per heavy atom. The number of aryl methyl sites for hydroxylation is 1. The lowest BCUT2D eigenvalue weighted by atomic mass is 10.3. The van der Waals surface area contributed by atoms with Gasteiger partial charge in [-0.1, -0.05) is 0 Å². The molecule has 0 amide bonds. The summed E-state index contributed by atoms with van der Waals surface area (Å²) in [6.45, 7) is 1.90. The maximum absolute atomic E-state index is 5.71. The van der Waals surface area contributed by atoms with E-state index in [0.29, 0.717) is 11.7 Å². The fourth-order valence-corrected chi connectivity index (χ4v) is 2.15. The van der Waals surface area contributed by atoms with Crippen molar-refractivity contribution in [3.05, 3.63) is 18.0 Å². The molecule has 3 rings (SSSR count). The highest BCUT2D eigenvalue weighted by molar-refractivity contribution is 5.72. The Balaban J connectivity index is 1.86. The first-order valence-corrected chi connectivity index (χ1v) is 5.71. The third kappa shape index (κ3) is 1.75. The molecule has 4 nitrogen and oxygen atoms in total. The average Bonchev–Trinajstić information content (AvgIpc) is 2.85. The number of ether oxygens (including phenoxy) is 1. The van der Waals surface area contributed by atoms with Gasteiger partial charge in [0.05, 0.1) is 5.39 Å². The van der Waals surface area contributed by atoms with Gasteiger partial charge in [0.15, 0.2) is 0 Å². The third-order valence-electron chi connectivity index (χ3n) is 2.95. The number of fused-ring (bicyclic) bond motifs is 1. The van der Waals surface area contributed by atoms with Crippen LogP contribution in [0.1, 0.15) is 31.4 Å². The molecule has 0 saturated heterocycles. The molecule has 2 heterocycles. The van der Waals surface area contributed by atoms with Crippen molar-refractivity contribution in [1.82, 2.24) is 9.97 Å². The topological polar surface area (TPSA) is 48.2 Å². The van der Waals surface area contributed by atoms with Crippen molar-refractivity contribution in [2.24, 2.45) is 0 Å². The van der Waals surface area contributed by atoms with Crippen LogP contribution in [-0.2, 0) is 0 Å². The van der Waals surface area contributed by atoms with Crippen LogP contribution in [0.5, 0.6) is 6.01 Å². The van der Waals surface area contributed by atoms with E-state index in [1.54, 1.807) is 6.20 Å². The van der Waals surface area contributed by atoms with Gasteiger partial charge in [-0.15, -0.1) is 0 Å². The van der Waals surface area contributed by atoms with Crippen LogP contribution in [0.3, 0.4) is 0 Å². The minimum Gasteiger partial charge on any atom is -0.460 e. The van der Waals surface area contributed by atoms with E-state index in [0.717, 1.165) is 24.0 Å². The van der Waals surface area contributed by atoms with Gasteiger partial charge < -0.3 is 9.15 Å². The first-order valence-electron chi connectivity index (χ1n) is 5.71. The quantitative estimate of drug-likeness (QED) is 0.777. The molecule has 2 aromatic rings. The molecule has 4 heteroatoms. The summed E-state index contributed by atoms with van der Waals surface area (Å²) in [6.07, 6.45) is 6.74. The summed E-state index contributed by atoms with van der Waals surface area (Å²) in [7, 11) is 0. The molecule has 1 aliphatic rings. The molecule has 0 spiro atoms. The van der Waals surface area contributed by atoms with Crippen LogP contribution in [0, 0.1) is 6.92 Å². The lowest BCUT2D eigenvalue weighted by Gasteiger charge is -2.09. The summed E-state index contributed by atoms with van der Waals surface area (Å²) in [5.74, 6) is 0.849. The van der Waals surface area contributed by atoms with Crippen molar-refractivity contribution in [3.8, 4) is 6.01 Å². The fraction of sp³-hybridized carbons (Fsp3) is 0.500. The second-order valence-electron chi connectivity index (χ2n) is 4.29. The second-order valence-corrected chi connectivity index (χ2v) is 4.29. The summed E-state index contributed by atoms with van der Waals surface area (Å²) in [4.78, 5) is 8.45. The number of hydrogen-bond donors (Lipinski definition) is 0. The molecule has 1 fully saturated rings. The van der Waals surface area contributed by atoms with Crippen molar-refractivity contribution >= 4 is 11.1 Å². The van der Waals surface area contributed by atoms with Crippen molar-refractivity contribution < 1.29 is 9.15 Å². The summed E-state index contributed by atoms with van der Waals surface area (Å²) in [5, 5.41) is 0.927. The smallest absolute Gasteiger partial charge is 0.320 e. The molecule has 84 valence electrons. The Morgan fingerprint density at radius 2 is 2.19 bits per heavy atom. The highest BCUT2D eigenvalue weighted by Crippen LogP contribution is 2.23. The zero-order chi connectivity index (χ0) is 11.0. The fourth-order valence-electron chi connectivity index (χ4n) is 2.15. The Kier molecular flexibility index (Phi) is 2.27. The van der Waals surface area contributed by atoms with Crippen LogP contribution in [0.15, 0.2) is 16.7 Å². The highest BCUT2D eigenvalue weighted by atomic mass is 16.5. The van der Waals surface area contributed by atoms with Crippen molar-refractivity contribution in [2.45, 2.75) is 38.7 Å². The number of aromatic nitrogens is 2. The molecule has 2 aromatic heterocycles. The second kappa shape index (κ2) is 3.77. The number of furan rings is 1. The first-order chi connectivity index (χ1) is 7.81. The molecule has 1 aliphatic carbocycles. The minimum absolute atomic E-state index is 0.286. The third-order valence-corrected chi connectivity index (χ3v) is 2.95. The maximum Gasteiger partial charge on any atom is 0.320 e. The van der Waals surface area contributed by atoms with E-state index in [2.05, 4.69) is 9.97 Å². The summed E-state index contributed by atoms with van der Waals surface area (Å²) >= 11 is 0. The summed E-state index contributed by atoms with van der Waals surface area (Å²) in [6, 6.07) is 2.36. The molecule has 1 saturated carbocycles. The van der Waals surface area contributed by atoms with Gasteiger partial charge in [-0.3, -0.25) is 0 Å². The van der Waals surface area contributed by atoms with Gasteiger partial charge in [-0.05, 0) is 38.7 Å². The molecule has 0 unspecified atom stereocenters. The van der Waals surface area contributed by atoms with Gasteiger partial charge in [-0.2, -0.15) is 4.98 Å². The molecule has 0 atom stereocenters. The van der Waals surface area contributed by atoms with E-state index in [1.165, 1.54) is 12.8 Å². The monoisotopic (exact) mass is 218 g/mol. The van der Waals surface area contributed by atoms with Crippen molar-refractivity contribution in [3.63, 3.8) is 0 Å². The van der Waals surface area contributed by atoms with Crippen LogP contribution in [0.2, 0.25) is 0 Å². The van der Waals surface area contributed by atoms with Crippen LogP contribution >= 0.6 is 0 Å². The number of hydrogen-bond acceptors (Lipinski definition) is 4. The van der Waals surface area contributed by atoms with E-state index >= 15 is 0 Å². The summed E-state index contributed by atoms with van der Waals surface area (Å²) < 4.78 is 11.2. The standard InChI is InChI=1S/C12H14N2O2/c1-8-6-9-7-13-12(14-11(9)15-8)16-10-4-2-3-5-10/h6-7,10H,2-5H2,1H3. The van der Waals surface area contributed by atoms with E-state index in [4.69, 9.17) is 9.15 Å². The van der Waals surface area contributed by atoms with Gasteiger partial charge in [0.25, 0.3) is 0 Å². The first kappa shape index (κ1) is 9.63. The van der Waals surface area contributed by atoms with Gasteiger partial charge in [0, 0.05) is 6.20 Å². The molecule has 16 heavy (non-hydrogen) atoms. The Hall–Kier alpha value is -1.58. The van der Waals surface area contributed by atoms with Gasteiger partial charge >= 0.3 is 6.01 Å². The lowest BCUT2D eigenvalue weighted by Crippen LogP contribution is -2.12. The normalized spacial score (nSPS) is 17.1. The van der Waals surface area contributed by atoms with Gasteiger partial charge in [0.1, 0.15) is 11.9 Å². The zero-order valence-corrected chi connectivity index (χ0v) is 9.27. The largest absolute Gasteiger partial charge is 0.460 e. The van der Waals surface area contributed by atoms with Crippen molar-refractivity contribution in [2.75, 3.05) is 0 Å². The molecule has 0 radical (unpaired) electrons. The molecule has 0 aliphatic heterocycles. The van der Waals surface area contributed by atoms with Gasteiger partial charge in [0.2, 0.25) is 5.71 Å². The zero-order valence-electron chi connectivity index (χ0n) is 9.27. The predicted molar refractivity (Wildman–Crippen MR) is 59.4 cm³/mol.